The van der Waals surface area contributed by atoms with Crippen molar-refractivity contribution in [3.8, 4) is 0 Å². The van der Waals surface area contributed by atoms with Gasteiger partial charge in [0.25, 0.3) is 5.91 Å². The van der Waals surface area contributed by atoms with E-state index in [-0.39, 0.29) is 5.91 Å². The molecule has 2 rings (SSSR count). The van der Waals surface area contributed by atoms with Gasteiger partial charge in [-0.3, -0.25) is 4.79 Å². The molecule has 0 fully saturated rings. The summed E-state index contributed by atoms with van der Waals surface area (Å²) in [5.74, 6) is 0.519. The van der Waals surface area contributed by atoms with Crippen LogP contribution in [-0.4, -0.2) is 25.0 Å². The fourth-order valence-electron chi connectivity index (χ4n) is 2.01. The third kappa shape index (κ3) is 2.79. The molecule has 0 radical (unpaired) electrons. The summed E-state index contributed by atoms with van der Waals surface area (Å²) in [4.78, 5) is 18.5. The van der Waals surface area contributed by atoms with E-state index in [1.807, 2.05) is 51.0 Å². The quantitative estimate of drug-likeness (QED) is 0.931. The van der Waals surface area contributed by atoms with Crippen LogP contribution in [0.25, 0.3) is 0 Å². The van der Waals surface area contributed by atoms with Crippen LogP contribution in [0.1, 0.15) is 21.5 Å². The number of aryl methyl sites for hydroxylation is 1. The van der Waals surface area contributed by atoms with Crippen molar-refractivity contribution in [2.75, 3.05) is 24.3 Å². The van der Waals surface area contributed by atoms with Gasteiger partial charge in [-0.05, 0) is 43.2 Å². The summed E-state index contributed by atoms with van der Waals surface area (Å²) < 4.78 is 0. The molecule has 0 unspecified atom stereocenters. The molecule has 1 heterocycles. The van der Waals surface area contributed by atoms with E-state index >= 15 is 0 Å². The molecular formula is C16H19N3O. The molecule has 20 heavy (non-hydrogen) atoms. The summed E-state index contributed by atoms with van der Waals surface area (Å²) >= 11 is 0. The molecule has 0 spiro atoms. The van der Waals surface area contributed by atoms with E-state index < -0.39 is 0 Å². The van der Waals surface area contributed by atoms with Crippen molar-refractivity contribution in [3.05, 3.63) is 53.2 Å². The van der Waals surface area contributed by atoms with E-state index in [9.17, 15) is 4.79 Å². The lowest BCUT2D eigenvalue weighted by Crippen LogP contribution is -2.20. The van der Waals surface area contributed by atoms with E-state index in [2.05, 4.69) is 10.3 Å². The van der Waals surface area contributed by atoms with Gasteiger partial charge in [0, 0.05) is 26.0 Å². The molecular weight excluding hydrogens is 250 g/mol. The monoisotopic (exact) mass is 269 g/mol. The van der Waals surface area contributed by atoms with Gasteiger partial charge in [-0.1, -0.05) is 12.1 Å². The number of carbonyl (C=O) groups excluding carboxylic acids is 1. The van der Waals surface area contributed by atoms with Crippen molar-refractivity contribution in [3.63, 3.8) is 0 Å². The third-order valence-corrected chi connectivity index (χ3v) is 3.31. The Balaban J connectivity index is 2.31. The Morgan fingerprint density at radius 2 is 1.90 bits per heavy atom. The molecule has 0 bridgehead atoms. The number of carbonyl (C=O) groups is 1. The molecule has 0 saturated carbocycles. The highest BCUT2D eigenvalue weighted by Crippen LogP contribution is 2.21. The van der Waals surface area contributed by atoms with Gasteiger partial charge in [-0.25, -0.2) is 4.98 Å². The predicted molar refractivity (Wildman–Crippen MR) is 82.4 cm³/mol. The number of aromatic nitrogens is 1. The Hall–Kier alpha value is -2.36. The van der Waals surface area contributed by atoms with Gasteiger partial charge in [0.2, 0.25) is 0 Å². The summed E-state index contributed by atoms with van der Waals surface area (Å²) in [6.45, 7) is 4.03. The van der Waals surface area contributed by atoms with Gasteiger partial charge in [-0.2, -0.15) is 0 Å². The normalized spacial score (nSPS) is 10.2. The first kappa shape index (κ1) is 14.1. The molecule has 1 amide bonds. The third-order valence-electron chi connectivity index (χ3n) is 3.31. The number of nitrogens with one attached hydrogen (secondary N) is 1. The van der Waals surface area contributed by atoms with Crippen LogP contribution in [0, 0.1) is 13.8 Å². The van der Waals surface area contributed by atoms with Crippen molar-refractivity contribution in [1.82, 2.24) is 4.98 Å². The highest BCUT2D eigenvalue weighted by molar-refractivity contribution is 6.07. The molecule has 0 aliphatic carbocycles. The van der Waals surface area contributed by atoms with Crippen molar-refractivity contribution in [2.45, 2.75) is 13.8 Å². The molecule has 104 valence electrons. The smallest absolute Gasteiger partial charge is 0.259 e. The van der Waals surface area contributed by atoms with Crippen molar-refractivity contribution in [2.24, 2.45) is 0 Å². The minimum Gasteiger partial charge on any atom is -0.362 e. The average molecular weight is 269 g/mol. The number of hydrogen-bond acceptors (Lipinski definition) is 3. The van der Waals surface area contributed by atoms with Crippen LogP contribution in [0.2, 0.25) is 0 Å². The first-order valence-corrected chi connectivity index (χ1v) is 6.50. The molecule has 2 aromatic rings. The van der Waals surface area contributed by atoms with Crippen molar-refractivity contribution < 1.29 is 4.79 Å². The van der Waals surface area contributed by atoms with Crippen LogP contribution in [0.3, 0.4) is 0 Å². The Kier molecular flexibility index (Phi) is 4.03. The van der Waals surface area contributed by atoms with Crippen LogP contribution in [-0.2, 0) is 0 Å². The van der Waals surface area contributed by atoms with Crippen molar-refractivity contribution in [1.29, 1.82) is 0 Å². The van der Waals surface area contributed by atoms with Crippen LogP contribution in [0.5, 0.6) is 0 Å². The summed E-state index contributed by atoms with van der Waals surface area (Å²) in [5, 5.41) is 2.96. The summed E-state index contributed by atoms with van der Waals surface area (Å²) in [6.07, 6.45) is 1.68. The van der Waals surface area contributed by atoms with Gasteiger partial charge >= 0.3 is 0 Å². The number of nitrogens with zero attached hydrogens (tertiary/aromatic N) is 2. The van der Waals surface area contributed by atoms with Gasteiger partial charge in [0.1, 0.15) is 5.82 Å². The second-order valence-corrected chi connectivity index (χ2v) is 4.97. The number of amides is 1. The van der Waals surface area contributed by atoms with E-state index in [1.54, 1.807) is 18.3 Å². The number of anilines is 2. The summed E-state index contributed by atoms with van der Waals surface area (Å²) in [5.41, 5.74) is 3.64. The molecule has 1 aromatic heterocycles. The minimum absolute atomic E-state index is 0.143. The van der Waals surface area contributed by atoms with E-state index in [0.717, 1.165) is 16.8 Å². The number of hydrogen-bond donors (Lipinski definition) is 1. The number of benzene rings is 1. The van der Waals surface area contributed by atoms with Crippen LogP contribution < -0.4 is 10.2 Å². The van der Waals surface area contributed by atoms with E-state index in [4.69, 9.17) is 0 Å². The van der Waals surface area contributed by atoms with Crippen molar-refractivity contribution >= 4 is 17.4 Å². The Labute approximate surface area is 119 Å². The topological polar surface area (TPSA) is 45.2 Å². The Morgan fingerprint density at radius 3 is 2.60 bits per heavy atom. The first-order chi connectivity index (χ1) is 9.50. The minimum atomic E-state index is -0.143. The molecule has 0 saturated heterocycles. The molecule has 0 aliphatic heterocycles. The first-order valence-electron chi connectivity index (χ1n) is 6.50. The largest absolute Gasteiger partial charge is 0.362 e. The maximum absolute atomic E-state index is 12.4. The number of pyridine rings is 1. The Morgan fingerprint density at radius 1 is 1.15 bits per heavy atom. The zero-order valence-electron chi connectivity index (χ0n) is 12.3. The zero-order chi connectivity index (χ0) is 14.7. The van der Waals surface area contributed by atoms with Crippen LogP contribution in [0.15, 0.2) is 36.5 Å². The maximum Gasteiger partial charge on any atom is 0.259 e. The Bertz CT molecular complexity index is 635. The molecule has 0 atom stereocenters. The second-order valence-electron chi connectivity index (χ2n) is 4.97. The maximum atomic E-state index is 12.4. The lowest BCUT2D eigenvalue weighted by atomic mass is 10.1. The molecule has 1 aromatic carbocycles. The van der Waals surface area contributed by atoms with Gasteiger partial charge in [0.05, 0.1) is 5.56 Å². The molecule has 0 aliphatic rings. The predicted octanol–water partition coefficient (Wildman–Crippen LogP) is 3.02. The summed E-state index contributed by atoms with van der Waals surface area (Å²) in [6, 6.07) is 9.42. The SMILES string of the molecule is Cc1cccc(NC(=O)c2cccnc2N(C)C)c1C. The standard InChI is InChI=1S/C16H19N3O/c1-11-7-5-9-14(12(11)2)18-16(20)13-8-6-10-17-15(13)19(3)4/h5-10H,1-4H3,(H,18,20). The van der Waals surface area contributed by atoms with Crippen LogP contribution >= 0.6 is 0 Å². The van der Waals surface area contributed by atoms with E-state index in [0.29, 0.717) is 11.4 Å². The van der Waals surface area contributed by atoms with Crippen LogP contribution in [0.4, 0.5) is 11.5 Å². The van der Waals surface area contributed by atoms with Gasteiger partial charge in [-0.15, -0.1) is 0 Å². The number of rotatable bonds is 3. The summed E-state index contributed by atoms with van der Waals surface area (Å²) in [7, 11) is 3.74. The average Bonchev–Trinajstić information content (AvgIpc) is 2.43. The highest BCUT2D eigenvalue weighted by atomic mass is 16.1. The van der Waals surface area contributed by atoms with Gasteiger partial charge < -0.3 is 10.2 Å². The van der Waals surface area contributed by atoms with E-state index in [1.165, 1.54) is 0 Å². The van der Waals surface area contributed by atoms with Gasteiger partial charge in [0.15, 0.2) is 0 Å². The lowest BCUT2D eigenvalue weighted by molar-refractivity contribution is 0.102. The second kappa shape index (κ2) is 5.74. The lowest BCUT2D eigenvalue weighted by Gasteiger charge is -2.16. The fourth-order valence-corrected chi connectivity index (χ4v) is 2.01. The fraction of sp³-hybridized carbons (Fsp3) is 0.250. The zero-order valence-corrected chi connectivity index (χ0v) is 12.3. The highest BCUT2D eigenvalue weighted by Gasteiger charge is 2.14. The molecule has 1 N–H and O–H groups in total. The molecule has 4 nitrogen and oxygen atoms in total. The molecule has 4 heteroatoms.